The summed E-state index contributed by atoms with van der Waals surface area (Å²) in [5, 5.41) is 12.0. The average molecular weight is 252 g/mol. The first-order valence-electron chi connectivity index (χ1n) is 6.00. The molecule has 4 heteroatoms. The molecule has 0 spiro atoms. The normalized spacial score (nSPS) is 11.3. The van der Waals surface area contributed by atoms with E-state index in [1.54, 1.807) is 0 Å². The lowest BCUT2D eigenvalue weighted by Crippen LogP contribution is -2.23. The number of benzene rings is 1. The van der Waals surface area contributed by atoms with Crippen molar-refractivity contribution in [3.05, 3.63) is 35.4 Å². The monoisotopic (exact) mass is 252 g/mol. The summed E-state index contributed by atoms with van der Waals surface area (Å²) in [5.41, 5.74) is 0.303. The minimum atomic E-state index is -0.546. The zero-order valence-electron chi connectivity index (χ0n) is 10.8. The maximum absolute atomic E-state index is 12.9. The summed E-state index contributed by atoms with van der Waals surface area (Å²) in [6.45, 7) is 5.13. The van der Waals surface area contributed by atoms with Gasteiger partial charge in [-0.3, -0.25) is 0 Å². The molecule has 98 valence electrons. The van der Waals surface area contributed by atoms with Crippen LogP contribution in [0.1, 0.15) is 25.8 Å². The molecule has 1 rings (SSSR count). The molecule has 0 radical (unpaired) electrons. The van der Waals surface area contributed by atoms with Crippen molar-refractivity contribution in [3.63, 3.8) is 0 Å². The molecule has 0 bridgehead atoms. The molecule has 0 unspecified atom stereocenters. The zero-order valence-corrected chi connectivity index (χ0v) is 10.8. The third-order valence-corrected chi connectivity index (χ3v) is 2.74. The molecule has 0 atom stereocenters. The van der Waals surface area contributed by atoms with E-state index in [9.17, 15) is 8.78 Å². The van der Waals surface area contributed by atoms with Crippen molar-refractivity contribution < 1.29 is 8.78 Å². The smallest absolute Gasteiger partial charge is 0.126 e. The number of hydrogen-bond donors (Lipinski definition) is 1. The van der Waals surface area contributed by atoms with Crippen LogP contribution < -0.4 is 5.32 Å². The molecule has 0 saturated heterocycles. The third kappa shape index (κ3) is 5.24. The molecule has 1 N–H and O–H groups in total. The Morgan fingerprint density at radius 1 is 1.17 bits per heavy atom. The highest BCUT2D eigenvalue weighted by Gasteiger charge is 2.15. The predicted molar refractivity (Wildman–Crippen MR) is 66.9 cm³/mol. The van der Waals surface area contributed by atoms with E-state index in [4.69, 9.17) is 5.26 Å². The Morgan fingerprint density at radius 3 is 2.33 bits per heavy atom. The SMILES string of the molecule is CC(C)(C#N)CCNCCc1cc(F)cc(F)c1. The van der Waals surface area contributed by atoms with Crippen molar-refractivity contribution in [2.24, 2.45) is 5.41 Å². The van der Waals surface area contributed by atoms with Crippen molar-refractivity contribution >= 4 is 0 Å². The van der Waals surface area contributed by atoms with E-state index in [1.165, 1.54) is 12.1 Å². The Labute approximate surface area is 107 Å². The molecule has 1 aromatic carbocycles. The number of rotatable bonds is 6. The number of nitriles is 1. The van der Waals surface area contributed by atoms with Gasteiger partial charge in [-0.15, -0.1) is 0 Å². The highest BCUT2D eigenvalue weighted by molar-refractivity contribution is 5.18. The molecular weight excluding hydrogens is 234 g/mol. The molecule has 2 nitrogen and oxygen atoms in total. The standard InChI is InChI=1S/C14H18F2N2/c1-14(2,10-17)4-6-18-5-3-11-7-12(15)9-13(16)8-11/h7-9,18H,3-6H2,1-2H3. The number of nitrogens with zero attached hydrogens (tertiary/aromatic N) is 1. The fraction of sp³-hybridized carbons (Fsp3) is 0.500. The Morgan fingerprint density at radius 2 is 1.78 bits per heavy atom. The van der Waals surface area contributed by atoms with E-state index in [-0.39, 0.29) is 5.41 Å². The Hall–Kier alpha value is -1.47. The van der Waals surface area contributed by atoms with Crippen LogP contribution in [0.25, 0.3) is 0 Å². The highest BCUT2D eigenvalue weighted by atomic mass is 19.1. The van der Waals surface area contributed by atoms with Gasteiger partial charge in [0.1, 0.15) is 11.6 Å². The molecule has 0 fully saturated rings. The van der Waals surface area contributed by atoms with Crippen molar-refractivity contribution in [1.29, 1.82) is 5.26 Å². The second-order valence-electron chi connectivity index (χ2n) is 5.02. The summed E-state index contributed by atoms with van der Waals surface area (Å²) in [6, 6.07) is 5.77. The summed E-state index contributed by atoms with van der Waals surface area (Å²) in [5.74, 6) is -1.09. The van der Waals surface area contributed by atoms with Crippen LogP contribution >= 0.6 is 0 Å². The Bertz CT molecular complexity index is 416. The maximum atomic E-state index is 12.9. The predicted octanol–water partition coefficient (Wildman–Crippen LogP) is 3.04. The first-order chi connectivity index (χ1) is 8.43. The van der Waals surface area contributed by atoms with Crippen LogP contribution in [-0.4, -0.2) is 13.1 Å². The van der Waals surface area contributed by atoms with Crippen LogP contribution in [0.15, 0.2) is 18.2 Å². The van der Waals surface area contributed by atoms with Gasteiger partial charge in [0.2, 0.25) is 0 Å². The lowest BCUT2D eigenvalue weighted by molar-refractivity contribution is 0.433. The van der Waals surface area contributed by atoms with Crippen LogP contribution in [0, 0.1) is 28.4 Å². The van der Waals surface area contributed by atoms with E-state index in [0.29, 0.717) is 18.5 Å². The summed E-state index contributed by atoms with van der Waals surface area (Å²) in [6.07, 6.45) is 1.32. The first-order valence-corrected chi connectivity index (χ1v) is 6.00. The maximum Gasteiger partial charge on any atom is 0.126 e. The highest BCUT2D eigenvalue weighted by Crippen LogP contribution is 2.17. The molecular formula is C14H18F2N2. The van der Waals surface area contributed by atoms with E-state index < -0.39 is 11.6 Å². The van der Waals surface area contributed by atoms with Gasteiger partial charge >= 0.3 is 0 Å². The van der Waals surface area contributed by atoms with Crippen LogP contribution in [0.4, 0.5) is 8.78 Å². The number of hydrogen-bond acceptors (Lipinski definition) is 2. The summed E-state index contributed by atoms with van der Waals surface area (Å²) in [4.78, 5) is 0. The Balaban J connectivity index is 2.28. The fourth-order valence-corrected chi connectivity index (χ4v) is 1.57. The van der Waals surface area contributed by atoms with Gasteiger partial charge < -0.3 is 5.32 Å². The minimum Gasteiger partial charge on any atom is -0.316 e. The molecule has 0 aromatic heterocycles. The summed E-state index contributed by atoms with van der Waals surface area (Å²) < 4.78 is 25.8. The molecule has 0 aliphatic heterocycles. The summed E-state index contributed by atoms with van der Waals surface area (Å²) in [7, 11) is 0. The van der Waals surface area contributed by atoms with Gasteiger partial charge in [0.05, 0.1) is 11.5 Å². The van der Waals surface area contributed by atoms with Crippen LogP contribution in [0.3, 0.4) is 0 Å². The number of nitrogens with one attached hydrogen (secondary N) is 1. The lowest BCUT2D eigenvalue weighted by atomic mass is 9.91. The molecule has 1 aromatic rings. The summed E-state index contributed by atoms with van der Waals surface area (Å²) >= 11 is 0. The molecule has 18 heavy (non-hydrogen) atoms. The van der Waals surface area contributed by atoms with E-state index in [0.717, 1.165) is 19.0 Å². The molecule has 0 aliphatic rings. The molecule has 0 aliphatic carbocycles. The molecule has 0 saturated carbocycles. The van der Waals surface area contributed by atoms with E-state index >= 15 is 0 Å². The zero-order chi connectivity index (χ0) is 13.6. The van der Waals surface area contributed by atoms with Gasteiger partial charge in [0, 0.05) is 6.07 Å². The van der Waals surface area contributed by atoms with Gasteiger partial charge in [-0.25, -0.2) is 8.78 Å². The Kier molecular flexibility index (Phi) is 5.24. The van der Waals surface area contributed by atoms with Gasteiger partial charge in [-0.2, -0.15) is 5.26 Å². The van der Waals surface area contributed by atoms with Gasteiger partial charge in [-0.05, 0) is 57.5 Å². The van der Waals surface area contributed by atoms with Crippen LogP contribution in [0.2, 0.25) is 0 Å². The van der Waals surface area contributed by atoms with Gasteiger partial charge in [0.25, 0.3) is 0 Å². The fourth-order valence-electron chi connectivity index (χ4n) is 1.57. The number of halogens is 2. The van der Waals surface area contributed by atoms with E-state index in [1.807, 2.05) is 13.8 Å². The third-order valence-electron chi connectivity index (χ3n) is 2.74. The van der Waals surface area contributed by atoms with E-state index in [2.05, 4.69) is 11.4 Å². The van der Waals surface area contributed by atoms with Crippen LogP contribution in [-0.2, 0) is 6.42 Å². The van der Waals surface area contributed by atoms with Crippen LogP contribution in [0.5, 0.6) is 0 Å². The molecule has 0 heterocycles. The minimum absolute atomic E-state index is 0.335. The van der Waals surface area contributed by atoms with Gasteiger partial charge in [-0.1, -0.05) is 0 Å². The largest absolute Gasteiger partial charge is 0.316 e. The first kappa shape index (κ1) is 14.6. The second kappa shape index (κ2) is 6.46. The van der Waals surface area contributed by atoms with Crippen molar-refractivity contribution in [2.75, 3.05) is 13.1 Å². The van der Waals surface area contributed by atoms with Crippen molar-refractivity contribution in [1.82, 2.24) is 5.32 Å². The van der Waals surface area contributed by atoms with Crippen molar-refractivity contribution in [3.8, 4) is 6.07 Å². The van der Waals surface area contributed by atoms with Gasteiger partial charge in [0.15, 0.2) is 0 Å². The van der Waals surface area contributed by atoms with Crippen molar-refractivity contribution in [2.45, 2.75) is 26.7 Å². The second-order valence-corrected chi connectivity index (χ2v) is 5.02. The quantitative estimate of drug-likeness (QED) is 0.790. The topological polar surface area (TPSA) is 35.8 Å². The average Bonchev–Trinajstić information content (AvgIpc) is 2.27. The lowest BCUT2D eigenvalue weighted by Gasteiger charge is -2.15. The molecule has 0 amide bonds.